The number of nitrogens with zero attached hydrogens (tertiary/aromatic N) is 5. The highest BCUT2D eigenvalue weighted by Gasteiger charge is 2.26. The first-order valence-electron chi connectivity index (χ1n) is 9.24. The Bertz CT molecular complexity index is 1090. The SMILES string of the molecule is O=C(Cn1nnc(-c2cccs2)n1)Nc1cccc(S(=O)(=O)N2CCCCC2)c1. The Balaban J connectivity index is 1.43. The third-order valence-corrected chi connectivity index (χ3v) is 7.31. The molecule has 2 aromatic heterocycles. The van der Waals surface area contributed by atoms with Crippen molar-refractivity contribution in [2.24, 2.45) is 0 Å². The molecule has 1 amide bonds. The maximum atomic E-state index is 12.8. The zero-order chi connectivity index (χ0) is 20.3. The summed E-state index contributed by atoms with van der Waals surface area (Å²) < 4.78 is 27.1. The molecule has 3 aromatic rings. The van der Waals surface area contributed by atoms with E-state index in [1.165, 1.54) is 26.5 Å². The van der Waals surface area contributed by atoms with E-state index in [0.29, 0.717) is 24.6 Å². The van der Waals surface area contributed by atoms with E-state index in [-0.39, 0.29) is 17.3 Å². The minimum Gasteiger partial charge on any atom is -0.324 e. The number of rotatable bonds is 6. The number of carbonyl (C=O) groups excluding carboxylic acids is 1. The van der Waals surface area contributed by atoms with Crippen molar-refractivity contribution in [2.45, 2.75) is 30.7 Å². The second-order valence-electron chi connectivity index (χ2n) is 6.66. The third kappa shape index (κ3) is 4.52. The first kappa shape index (κ1) is 19.7. The summed E-state index contributed by atoms with van der Waals surface area (Å²) in [6, 6.07) is 10.1. The number of amides is 1. The number of nitrogens with one attached hydrogen (secondary N) is 1. The first-order valence-corrected chi connectivity index (χ1v) is 11.6. The van der Waals surface area contributed by atoms with Gasteiger partial charge in [0, 0.05) is 18.8 Å². The second kappa shape index (κ2) is 8.39. The molecule has 1 aromatic carbocycles. The van der Waals surface area contributed by atoms with Gasteiger partial charge in [-0.15, -0.1) is 21.5 Å². The largest absolute Gasteiger partial charge is 0.324 e. The number of aromatic nitrogens is 4. The van der Waals surface area contributed by atoms with Crippen LogP contribution >= 0.6 is 11.3 Å². The normalized spacial score (nSPS) is 15.3. The van der Waals surface area contributed by atoms with E-state index in [2.05, 4.69) is 20.7 Å². The van der Waals surface area contributed by atoms with Crippen LogP contribution in [-0.4, -0.2) is 51.9 Å². The highest BCUT2D eigenvalue weighted by molar-refractivity contribution is 7.89. The molecule has 152 valence electrons. The monoisotopic (exact) mass is 432 g/mol. The molecule has 1 aliphatic rings. The molecule has 0 aliphatic carbocycles. The van der Waals surface area contributed by atoms with E-state index >= 15 is 0 Å². The molecular formula is C18H20N6O3S2. The summed E-state index contributed by atoms with van der Waals surface area (Å²) >= 11 is 1.49. The van der Waals surface area contributed by atoms with E-state index in [9.17, 15) is 13.2 Å². The van der Waals surface area contributed by atoms with Gasteiger partial charge in [-0.05, 0) is 47.7 Å². The number of piperidine rings is 1. The quantitative estimate of drug-likeness (QED) is 0.639. The molecule has 0 radical (unpaired) electrons. The van der Waals surface area contributed by atoms with Crippen molar-refractivity contribution >= 4 is 33.0 Å². The minimum absolute atomic E-state index is 0.124. The molecule has 0 bridgehead atoms. The van der Waals surface area contributed by atoms with Crippen molar-refractivity contribution in [1.29, 1.82) is 0 Å². The molecular weight excluding hydrogens is 412 g/mol. The number of sulfonamides is 1. The van der Waals surface area contributed by atoms with Gasteiger partial charge in [0.25, 0.3) is 0 Å². The Morgan fingerprint density at radius 2 is 1.97 bits per heavy atom. The maximum Gasteiger partial charge on any atom is 0.248 e. The summed E-state index contributed by atoms with van der Waals surface area (Å²) in [5.74, 6) is 0.0927. The Morgan fingerprint density at radius 3 is 2.72 bits per heavy atom. The van der Waals surface area contributed by atoms with Gasteiger partial charge in [-0.25, -0.2) is 8.42 Å². The summed E-state index contributed by atoms with van der Waals surface area (Å²) in [5, 5.41) is 16.6. The molecule has 0 unspecified atom stereocenters. The molecule has 3 heterocycles. The number of thiophene rings is 1. The van der Waals surface area contributed by atoms with Crippen LogP contribution in [0, 0.1) is 0 Å². The zero-order valence-electron chi connectivity index (χ0n) is 15.6. The van der Waals surface area contributed by atoms with Gasteiger partial charge in [0.15, 0.2) is 0 Å². The molecule has 1 saturated heterocycles. The highest BCUT2D eigenvalue weighted by atomic mass is 32.2. The molecule has 0 spiro atoms. The van der Waals surface area contributed by atoms with E-state index in [1.54, 1.807) is 18.2 Å². The minimum atomic E-state index is -3.56. The Labute approximate surface area is 172 Å². The first-order chi connectivity index (χ1) is 14.0. The van der Waals surface area contributed by atoms with Crippen LogP contribution in [0.15, 0.2) is 46.7 Å². The summed E-state index contributed by atoms with van der Waals surface area (Å²) in [6.07, 6.45) is 2.79. The number of anilines is 1. The molecule has 0 saturated carbocycles. The maximum absolute atomic E-state index is 12.8. The van der Waals surface area contributed by atoms with Gasteiger partial charge < -0.3 is 5.32 Å². The Kier molecular flexibility index (Phi) is 5.69. The van der Waals surface area contributed by atoms with Crippen molar-refractivity contribution in [3.8, 4) is 10.7 Å². The van der Waals surface area contributed by atoms with Gasteiger partial charge in [-0.1, -0.05) is 18.6 Å². The number of benzene rings is 1. The average Bonchev–Trinajstić information content (AvgIpc) is 3.40. The summed E-state index contributed by atoms with van der Waals surface area (Å²) in [4.78, 5) is 14.6. The number of hydrogen-bond donors (Lipinski definition) is 1. The van der Waals surface area contributed by atoms with Gasteiger partial charge in [-0.3, -0.25) is 4.79 Å². The number of tetrazole rings is 1. The van der Waals surface area contributed by atoms with Gasteiger partial charge in [0.2, 0.25) is 21.8 Å². The average molecular weight is 433 g/mol. The van der Waals surface area contributed by atoms with Gasteiger partial charge in [-0.2, -0.15) is 9.10 Å². The van der Waals surface area contributed by atoms with Crippen LogP contribution in [-0.2, 0) is 21.4 Å². The molecule has 29 heavy (non-hydrogen) atoms. The fraction of sp³-hybridized carbons (Fsp3) is 0.333. The van der Waals surface area contributed by atoms with E-state index in [0.717, 1.165) is 24.1 Å². The molecule has 11 heteroatoms. The van der Waals surface area contributed by atoms with Gasteiger partial charge >= 0.3 is 0 Å². The van der Waals surface area contributed by atoms with E-state index in [1.807, 2.05) is 17.5 Å². The fourth-order valence-electron chi connectivity index (χ4n) is 3.13. The van der Waals surface area contributed by atoms with Crippen LogP contribution in [0.3, 0.4) is 0 Å². The molecule has 1 N–H and O–H groups in total. The standard InChI is InChI=1S/C18H20N6O3S2/c25-17(13-24-21-18(20-22-24)16-8-5-11-28-16)19-14-6-4-7-15(12-14)29(26,27)23-9-2-1-3-10-23/h4-8,11-12H,1-3,9-10,13H2,(H,19,25). The van der Waals surface area contributed by atoms with Gasteiger partial charge in [0.1, 0.15) is 6.54 Å². The predicted octanol–water partition coefficient (Wildman–Crippen LogP) is 2.21. The van der Waals surface area contributed by atoms with Crippen molar-refractivity contribution in [2.75, 3.05) is 18.4 Å². The molecule has 1 fully saturated rings. The third-order valence-electron chi connectivity index (χ3n) is 4.55. The van der Waals surface area contributed by atoms with E-state index < -0.39 is 10.0 Å². The Morgan fingerprint density at radius 1 is 1.14 bits per heavy atom. The smallest absolute Gasteiger partial charge is 0.248 e. The highest BCUT2D eigenvalue weighted by Crippen LogP contribution is 2.23. The zero-order valence-corrected chi connectivity index (χ0v) is 17.2. The molecule has 0 atom stereocenters. The lowest BCUT2D eigenvalue weighted by molar-refractivity contribution is -0.117. The van der Waals surface area contributed by atoms with Crippen LogP contribution in [0.5, 0.6) is 0 Å². The topological polar surface area (TPSA) is 110 Å². The lowest BCUT2D eigenvalue weighted by Gasteiger charge is -2.26. The predicted molar refractivity (Wildman–Crippen MR) is 109 cm³/mol. The van der Waals surface area contributed by atoms with E-state index in [4.69, 9.17) is 0 Å². The van der Waals surface area contributed by atoms with Gasteiger partial charge in [0.05, 0.1) is 9.77 Å². The van der Waals surface area contributed by atoms with Crippen LogP contribution in [0.25, 0.3) is 10.7 Å². The van der Waals surface area contributed by atoms with Crippen molar-refractivity contribution < 1.29 is 13.2 Å². The lowest BCUT2D eigenvalue weighted by Crippen LogP contribution is -2.35. The van der Waals surface area contributed by atoms with Crippen LogP contribution in [0.1, 0.15) is 19.3 Å². The van der Waals surface area contributed by atoms with Crippen LogP contribution in [0.4, 0.5) is 5.69 Å². The second-order valence-corrected chi connectivity index (χ2v) is 9.55. The Hall–Kier alpha value is -2.63. The summed E-state index contributed by atoms with van der Waals surface area (Å²) in [6.45, 7) is 0.939. The van der Waals surface area contributed by atoms with Crippen molar-refractivity contribution in [3.05, 3.63) is 41.8 Å². The summed E-state index contributed by atoms with van der Waals surface area (Å²) in [5.41, 5.74) is 0.409. The van der Waals surface area contributed by atoms with Crippen molar-refractivity contribution in [3.63, 3.8) is 0 Å². The lowest BCUT2D eigenvalue weighted by atomic mass is 10.2. The van der Waals surface area contributed by atoms with Crippen LogP contribution < -0.4 is 5.32 Å². The number of hydrogen-bond acceptors (Lipinski definition) is 7. The molecule has 1 aliphatic heterocycles. The van der Waals surface area contributed by atoms with Crippen LogP contribution in [0.2, 0.25) is 0 Å². The molecule has 9 nitrogen and oxygen atoms in total. The molecule has 4 rings (SSSR count). The van der Waals surface area contributed by atoms with Crippen molar-refractivity contribution in [1.82, 2.24) is 24.5 Å². The summed E-state index contributed by atoms with van der Waals surface area (Å²) in [7, 11) is -3.56. The fourth-order valence-corrected chi connectivity index (χ4v) is 5.34. The number of carbonyl (C=O) groups is 1.